The summed E-state index contributed by atoms with van der Waals surface area (Å²) in [7, 11) is 0. The summed E-state index contributed by atoms with van der Waals surface area (Å²) >= 11 is 1.97. The summed E-state index contributed by atoms with van der Waals surface area (Å²) in [5, 5.41) is 8.79. The fourth-order valence-corrected chi connectivity index (χ4v) is 4.24. The normalized spacial score (nSPS) is 22.0. The Morgan fingerprint density at radius 3 is 2.17 bits per heavy atom. The Bertz CT molecular complexity index is 442. The molecule has 0 aromatic carbocycles. The monoisotopic (exact) mass is 357 g/mol. The van der Waals surface area contributed by atoms with E-state index in [4.69, 9.17) is 5.11 Å². The van der Waals surface area contributed by atoms with Crippen molar-refractivity contribution >= 4 is 23.6 Å². The van der Waals surface area contributed by atoms with E-state index in [0.29, 0.717) is 11.8 Å². The van der Waals surface area contributed by atoms with Gasteiger partial charge in [-0.25, -0.2) is 0 Å². The standard InChI is InChI=1S/C19H35NO3S/c1-7-19(5,6)10-14-11-20(16(21)8-9-17(22)23)12-15(14)13-24-18(2,3)4/h14-15H,7-13H2,1-6H3,(H,22,23). The van der Waals surface area contributed by atoms with Crippen molar-refractivity contribution in [3.8, 4) is 0 Å². The summed E-state index contributed by atoms with van der Waals surface area (Å²) in [5.74, 6) is 1.19. The number of thioether (sulfide) groups is 1. The van der Waals surface area contributed by atoms with E-state index in [0.717, 1.165) is 31.7 Å². The predicted molar refractivity (Wildman–Crippen MR) is 101 cm³/mol. The maximum Gasteiger partial charge on any atom is 0.303 e. The Hall–Kier alpha value is -0.710. The smallest absolute Gasteiger partial charge is 0.303 e. The second kappa shape index (κ2) is 8.59. The third kappa shape index (κ3) is 7.45. The van der Waals surface area contributed by atoms with Crippen molar-refractivity contribution in [1.82, 2.24) is 4.90 Å². The van der Waals surface area contributed by atoms with Gasteiger partial charge in [0.2, 0.25) is 5.91 Å². The van der Waals surface area contributed by atoms with Crippen LogP contribution in [0.4, 0.5) is 0 Å². The SMILES string of the molecule is CCC(C)(C)CC1CN(C(=O)CCC(=O)O)CC1CSC(C)(C)C. The molecule has 1 N–H and O–H groups in total. The lowest BCUT2D eigenvalue weighted by atomic mass is 9.77. The number of amides is 1. The molecular formula is C19H35NO3S. The number of likely N-dealkylation sites (tertiary alicyclic amines) is 1. The Morgan fingerprint density at radius 1 is 1.08 bits per heavy atom. The molecule has 1 fully saturated rings. The maximum atomic E-state index is 12.3. The predicted octanol–water partition coefficient (Wildman–Crippen LogP) is 4.28. The lowest BCUT2D eigenvalue weighted by molar-refractivity contribution is -0.140. The number of carboxylic acids is 1. The largest absolute Gasteiger partial charge is 0.481 e. The van der Waals surface area contributed by atoms with E-state index in [1.807, 2.05) is 16.7 Å². The van der Waals surface area contributed by atoms with Crippen molar-refractivity contribution in [1.29, 1.82) is 0 Å². The van der Waals surface area contributed by atoms with Crippen LogP contribution in [0, 0.1) is 17.3 Å². The van der Waals surface area contributed by atoms with Gasteiger partial charge >= 0.3 is 5.97 Å². The molecule has 0 bridgehead atoms. The highest BCUT2D eigenvalue weighted by Gasteiger charge is 2.38. The number of carbonyl (C=O) groups is 2. The number of nitrogens with zero attached hydrogens (tertiary/aromatic N) is 1. The third-order valence-electron chi connectivity index (χ3n) is 4.98. The zero-order chi connectivity index (χ0) is 18.5. The summed E-state index contributed by atoms with van der Waals surface area (Å²) < 4.78 is 0.228. The first kappa shape index (κ1) is 21.3. The molecule has 4 nitrogen and oxygen atoms in total. The molecule has 1 aliphatic heterocycles. The fourth-order valence-electron chi connectivity index (χ4n) is 3.15. The molecule has 1 amide bonds. The van der Waals surface area contributed by atoms with E-state index in [1.165, 1.54) is 0 Å². The maximum absolute atomic E-state index is 12.3. The molecular weight excluding hydrogens is 322 g/mol. The molecule has 0 saturated carbocycles. The van der Waals surface area contributed by atoms with Crippen LogP contribution < -0.4 is 0 Å². The molecule has 140 valence electrons. The fraction of sp³-hybridized carbons (Fsp3) is 0.895. The minimum Gasteiger partial charge on any atom is -0.481 e. The number of rotatable bonds is 8. The van der Waals surface area contributed by atoms with Gasteiger partial charge in [0.25, 0.3) is 0 Å². The van der Waals surface area contributed by atoms with Crippen molar-refractivity contribution in [3.63, 3.8) is 0 Å². The van der Waals surface area contributed by atoms with Gasteiger partial charge in [0.05, 0.1) is 6.42 Å². The van der Waals surface area contributed by atoms with Crippen LogP contribution in [0.3, 0.4) is 0 Å². The zero-order valence-corrected chi connectivity index (χ0v) is 17.0. The van der Waals surface area contributed by atoms with E-state index in [2.05, 4.69) is 41.5 Å². The highest BCUT2D eigenvalue weighted by Crippen LogP contribution is 2.39. The minimum atomic E-state index is -0.897. The van der Waals surface area contributed by atoms with Crippen LogP contribution >= 0.6 is 11.8 Å². The lowest BCUT2D eigenvalue weighted by Gasteiger charge is -2.30. The molecule has 1 aliphatic rings. The lowest BCUT2D eigenvalue weighted by Crippen LogP contribution is -2.29. The van der Waals surface area contributed by atoms with Crippen LogP contribution in [0.5, 0.6) is 0 Å². The van der Waals surface area contributed by atoms with Gasteiger partial charge in [-0.2, -0.15) is 11.8 Å². The molecule has 24 heavy (non-hydrogen) atoms. The highest BCUT2D eigenvalue weighted by molar-refractivity contribution is 8.00. The van der Waals surface area contributed by atoms with Crippen LogP contribution in [-0.2, 0) is 9.59 Å². The minimum absolute atomic E-state index is 0.0000340. The van der Waals surface area contributed by atoms with Crippen LogP contribution in [-0.4, -0.2) is 45.5 Å². The van der Waals surface area contributed by atoms with Gasteiger partial charge < -0.3 is 10.0 Å². The first-order valence-corrected chi connectivity index (χ1v) is 10.1. The number of carbonyl (C=O) groups excluding carboxylic acids is 1. The molecule has 0 aliphatic carbocycles. The Morgan fingerprint density at radius 2 is 1.67 bits per heavy atom. The molecule has 0 aromatic heterocycles. The van der Waals surface area contributed by atoms with Crippen LogP contribution in [0.1, 0.15) is 67.2 Å². The summed E-state index contributed by atoms with van der Waals surface area (Å²) in [4.78, 5) is 25.0. The van der Waals surface area contributed by atoms with Crippen LogP contribution in [0.15, 0.2) is 0 Å². The Labute approximate surface area is 151 Å². The van der Waals surface area contributed by atoms with Crippen LogP contribution in [0.2, 0.25) is 0 Å². The second-order valence-corrected chi connectivity index (χ2v) is 10.7. The highest BCUT2D eigenvalue weighted by atomic mass is 32.2. The number of carboxylic acid groups (broad SMARTS) is 1. The third-order valence-corrected chi connectivity index (χ3v) is 6.45. The molecule has 1 saturated heterocycles. The summed E-state index contributed by atoms with van der Waals surface area (Å²) in [6.45, 7) is 15.1. The average Bonchev–Trinajstić information content (AvgIpc) is 2.84. The first-order valence-electron chi connectivity index (χ1n) is 9.07. The molecule has 0 spiro atoms. The van der Waals surface area contributed by atoms with Gasteiger partial charge in [0, 0.05) is 24.3 Å². The quantitative estimate of drug-likeness (QED) is 0.704. The van der Waals surface area contributed by atoms with E-state index >= 15 is 0 Å². The van der Waals surface area contributed by atoms with Crippen molar-refractivity contribution in [2.24, 2.45) is 17.3 Å². The molecule has 2 unspecified atom stereocenters. The molecule has 2 atom stereocenters. The summed E-state index contributed by atoms with van der Waals surface area (Å²) in [6.07, 6.45) is 2.32. The van der Waals surface area contributed by atoms with Gasteiger partial charge in [0.15, 0.2) is 0 Å². The number of aliphatic carboxylic acids is 1. The van der Waals surface area contributed by atoms with Gasteiger partial charge in [-0.05, 0) is 29.4 Å². The molecule has 0 aromatic rings. The van der Waals surface area contributed by atoms with Crippen molar-refractivity contribution in [2.45, 2.75) is 72.0 Å². The summed E-state index contributed by atoms with van der Waals surface area (Å²) in [6, 6.07) is 0. The second-order valence-electron chi connectivity index (χ2n) is 8.86. The van der Waals surface area contributed by atoms with Gasteiger partial charge in [-0.3, -0.25) is 9.59 Å². The molecule has 5 heteroatoms. The van der Waals surface area contributed by atoms with Crippen molar-refractivity contribution < 1.29 is 14.7 Å². The van der Waals surface area contributed by atoms with Crippen molar-refractivity contribution in [2.75, 3.05) is 18.8 Å². The van der Waals surface area contributed by atoms with Crippen LogP contribution in [0.25, 0.3) is 0 Å². The van der Waals surface area contributed by atoms with Gasteiger partial charge in [0.1, 0.15) is 0 Å². The average molecular weight is 358 g/mol. The topological polar surface area (TPSA) is 57.6 Å². The molecule has 1 heterocycles. The van der Waals surface area contributed by atoms with Crippen molar-refractivity contribution in [3.05, 3.63) is 0 Å². The Balaban J connectivity index is 2.72. The van der Waals surface area contributed by atoms with E-state index in [-0.39, 0.29) is 28.9 Å². The zero-order valence-electron chi connectivity index (χ0n) is 16.2. The Kier molecular flexibility index (Phi) is 7.64. The van der Waals surface area contributed by atoms with Gasteiger partial charge in [-0.15, -0.1) is 0 Å². The van der Waals surface area contributed by atoms with E-state index in [9.17, 15) is 9.59 Å². The number of hydrogen-bond acceptors (Lipinski definition) is 3. The first-order chi connectivity index (χ1) is 10.9. The molecule has 1 rings (SSSR count). The molecule has 0 radical (unpaired) electrons. The summed E-state index contributed by atoms with van der Waals surface area (Å²) in [5.41, 5.74) is 0.287. The van der Waals surface area contributed by atoms with E-state index < -0.39 is 5.97 Å². The van der Waals surface area contributed by atoms with E-state index in [1.54, 1.807) is 0 Å². The van der Waals surface area contributed by atoms with Gasteiger partial charge in [-0.1, -0.05) is 48.0 Å². The number of hydrogen-bond donors (Lipinski definition) is 1.